The van der Waals surface area contributed by atoms with E-state index in [2.05, 4.69) is 13.2 Å². The molecule has 0 bridgehead atoms. The first-order valence-electron chi connectivity index (χ1n) is 8.67. The van der Waals surface area contributed by atoms with Crippen LogP contribution < -0.4 is 22.7 Å². The maximum absolute atomic E-state index is 12.8. The predicted molar refractivity (Wildman–Crippen MR) is 111 cm³/mol. The van der Waals surface area contributed by atoms with Crippen LogP contribution in [0.5, 0.6) is 0 Å². The van der Waals surface area contributed by atoms with Gasteiger partial charge in [0.15, 0.2) is 0 Å². The first kappa shape index (κ1) is 20.3. The van der Waals surface area contributed by atoms with Gasteiger partial charge in [0, 0.05) is 16.5 Å². The van der Waals surface area contributed by atoms with Gasteiger partial charge in [-0.1, -0.05) is 23.8 Å². The average Bonchev–Trinajstić information content (AvgIpc) is 2.67. The molecule has 0 atom stereocenters. The van der Waals surface area contributed by atoms with E-state index in [1.165, 1.54) is 18.2 Å². The molecule has 0 aliphatic rings. The summed E-state index contributed by atoms with van der Waals surface area (Å²) in [4.78, 5) is 50.1. The highest BCUT2D eigenvalue weighted by Crippen LogP contribution is 2.25. The lowest BCUT2D eigenvalue weighted by molar-refractivity contribution is 0.497. The van der Waals surface area contributed by atoms with Gasteiger partial charge in [0.05, 0.1) is 19.6 Å². The Kier molecular flexibility index (Phi) is 5.56. The fraction of sp³-hybridized carbons (Fsp3) is 0.200. The lowest BCUT2D eigenvalue weighted by Crippen LogP contribution is -2.54. The molecule has 29 heavy (non-hydrogen) atoms. The molecular formula is C20H18ClN3O5. The van der Waals surface area contributed by atoms with E-state index in [4.69, 9.17) is 16.0 Å². The smallest absolute Gasteiger partial charge is 0.336 e. The number of nitrogens with zero attached hydrogens (tertiary/aromatic N) is 3. The summed E-state index contributed by atoms with van der Waals surface area (Å²) >= 11 is 6.20. The van der Waals surface area contributed by atoms with Crippen LogP contribution >= 0.6 is 11.6 Å². The molecule has 3 rings (SSSR count). The van der Waals surface area contributed by atoms with Crippen molar-refractivity contribution < 1.29 is 4.42 Å². The molecule has 9 heteroatoms. The zero-order valence-electron chi connectivity index (χ0n) is 15.7. The monoisotopic (exact) mass is 415 g/mol. The molecule has 0 unspecified atom stereocenters. The molecule has 0 spiro atoms. The number of fused-ring (bicyclic) bond motifs is 1. The van der Waals surface area contributed by atoms with Gasteiger partial charge in [0.1, 0.15) is 5.58 Å². The number of benzene rings is 1. The molecule has 3 aromatic rings. The molecule has 1 aromatic carbocycles. The van der Waals surface area contributed by atoms with Gasteiger partial charge in [-0.15, -0.1) is 13.2 Å². The second-order valence-electron chi connectivity index (χ2n) is 6.42. The third kappa shape index (κ3) is 3.66. The van der Waals surface area contributed by atoms with E-state index in [0.29, 0.717) is 21.5 Å². The first-order valence-corrected chi connectivity index (χ1v) is 9.05. The molecule has 0 fully saturated rings. The van der Waals surface area contributed by atoms with Crippen LogP contribution in [0.15, 0.2) is 67.1 Å². The first-order chi connectivity index (χ1) is 13.8. The predicted octanol–water partition coefficient (Wildman–Crippen LogP) is 1.66. The molecule has 0 radical (unpaired) electrons. The zero-order chi connectivity index (χ0) is 21.3. The normalized spacial score (nSPS) is 11.0. The summed E-state index contributed by atoms with van der Waals surface area (Å²) in [5, 5.41) is 0.934. The minimum absolute atomic E-state index is 0.0716. The Balaban J connectivity index is 2.32. The minimum atomic E-state index is -0.806. The molecule has 0 N–H and O–H groups in total. The van der Waals surface area contributed by atoms with Gasteiger partial charge in [-0.3, -0.25) is 0 Å². The third-order valence-corrected chi connectivity index (χ3v) is 4.85. The topological polar surface area (TPSA) is 96.2 Å². The van der Waals surface area contributed by atoms with E-state index in [1.54, 1.807) is 19.1 Å². The summed E-state index contributed by atoms with van der Waals surface area (Å²) in [5.74, 6) is 0. The van der Waals surface area contributed by atoms with Gasteiger partial charge in [-0.2, -0.15) is 0 Å². The van der Waals surface area contributed by atoms with Gasteiger partial charge in [0.2, 0.25) is 0 Å². The van der Waals surface area contributed by atoms with E-state index in [1.807, 2.05) is 0 Å². The van der Waals surface area contributed by atoms with Gasteiger partial charge in [0.25, 0.3) is 0 Å². The van der Waals surface area contributed by atoms with Crippen LogP contribution in [0.3, 0.4) is 0 Å². The highest BCUT2D eigenvalue weighted by atomic mass is 35.5. The molecule has 8 nitrogen and oxygen atoms in total. The number of hydrogen-bond donors (Lipinski definition) is 0. The zero-order valence-corrected chi connectivity index (χ0v) is 16.4. The Morgan fingerprint density at radius 3 is 2.03 bits per heavy atom. The van der Waals surface area contributed by atoms with E-state index in [9.17, 15) is 19.2 Å². The largest absolute Gasteiger partial charge is 0.423 e. The molecule has 2 aromatic heterocycles. The third-order valence-electron chi connectivity index (χ3n) is 4.45. The Bertz CT molecular complexity index is 1330. The highest BCUT2D eigenvalue weighted by molar-refractivity contribution is 6.32. The molecule has 0 saturated heterocycles. The maximum Gasteiger partial charge on any atom is 0.336 e. The van der Waals surface area contributed by atoms with Crippen LogP contribution in [0.1, 0.15) is 11.1 Å². The van der Waals surface area contributed by atoms with Crippen molar-refractivity contribution in [1.82, 2.24) is 13.7 Å². The maximum atomic E-state index is 12.8. The van der Waals surface area contributed by atoms with Gasteiger partial charge >= 0.3 is 22.7 Å². The van der Waals surface area contributed by atoms with Crippen molar-refractivity contribution in [3.8, 4) is 0 Å². The summed E-state index contributed by atoms with van der Waals surface area (Å²) < 4.78 is 7.88. The number of allylic oxidation sites excluding steroid dienone is 2. The number of rotatable bonds is 6. The Hall–Kier alpha value is -3.39. The molecule has 0 aliphatic carbocycles. The standard InChI is InChI=1S/C20H18ClN3O5/c1-4-6-22-18(26)23(7-5-2)20(28)24(19(22)27)11-13-9-17(25)29-16-8-12(3)15(21)10-14(13)16/h4-5,8-10H,1-2,6-7,11H2,3H3. The van der Waals surface area contributed by atoms with Gasteiger partial charge in [-0.05, 0) is 30.2 Å². The summed E-state index contributed by atoms with van der Waals surface area (Å²) in [6.45, 7) is 8.45. The number of aromatic nitrogens is 3. The van der Waals surface area contributed by atoms with Crippen molar-refractivity contribution in [2.75, 3.05) is 0 Å². The number of halogens is 1. The van der Waals surface area contributed by atoms with Crippen LogP contribution in [-0.4, -0.2) is 13.7 Å². The fourth-order valence-electron chi connectivity index (χ4n) is 3.04. The molecular weight excluding hydrogens is 398 g/mol. The average molecular weight is 416 g/mol. The molecule has 0 saturated carbocycles. The summed E-state index contributed by atoms with van der Waals surface area (Å²) in [5.41, 5.74) is -1.64. The van der Waals surface area contributed by atoms with Crippen molar-refractivity contribution in [2.45, 2.75) is 26.6 Å². The Morgan fingerprint density at radius 1 is 0.931 bits per heavy atom. The van der Waals surface area contributed by atoms with Crippen LogP contribution in [0.4, 0.5) is 0 Å². The Morgan fingerprint density at radius 2 is 1.48 bits per heavy atom. The number of aryl methyl sites for hydroxylation is 1. The van der Waals surface area contributed by atoms with Crippen LogP contribution in [0.2, 0.25) is 5.02 Å². The summed E-state index contributed by atoms with van der Waals surface area (Å²) in [6, 6.07) is 4.41. The van der Waals surface area contributed by atoms with E-state index >= 15 is 0 Å². The molecule has 0 aliphatic heterocycles. The van der Waals surface area contributed by atoms with Crippen LogP contribution in [-0.2, 0) is 19.6 Å². The highest BCUT2D eigenvalue weighted by Gasteiger charge is 2.16. The summed E-state index contributed by atoms with van der Waals surface area (Å²) in [6.07, 6.45) is 2.76. The van der Waals surface area contributed by atoms with E-state index < -0.39 is 22.7 Å². The van der Waals surface area contributed by atoms with Crippen molar-refractivity contribution in [2.24, 2.45) is 0 Å². The van der Waals surface area contributed by atoms with E-state index in [0.717, 1.165) is 13.7 Å². The fourth-order valence-corrected chi connectivity index (χ4v) is 3.20. The van der Waals surface area contributed by atoms with Crippen molar-refractivity contribution >= 4 is 22.6 Å². The quantitative estimate of drug-likeness (QED) is 0.450. The van der Waals surface area contributed by atoms with Crippen LogP contribution in [0.25, 0.3) is 11.0 Å². The molecule has 2 heterocycles. The van der Waals surface area contributed by atoms with Gasteiger partial charge < -0.3 is 4.42 Å². The van der Waals surface area contributed by atoms with Crippen molar-refractivity contribution in [3.05, 3.63) is 102 Å². The number of hydrogen-bond acceptors (Lipinski definition) is 5. The van der Waals surface area contributed by atoms with Crippen LogP contribution in [0, 0.1) is 6.92 Å². The lowest BCUT2D eigenvalue weighted by Gasteiger charge is -2.13. The minimum Gasteiger partial charge on any atom is -0.423 e. The molecule has 0 amide bonds. The lowest BCUT2D eigenvalue weighted by atomic mass is 10.1. The van der Waals surface area contributed by atoms with Gasteiger partial charge in [-0.25, -0.2) is 32.9 Å². The summed E-state index contributed by atoms with van der Waals surface area (Å²) in [7, 11) is 0. The van der Waals surface area contributed by atoms with Crippen molar-refractivity contribution in [3.63, 3.8) is 0 Å². The second-order valence-corrected chi connectivity index (χ2v) is 6.83. The van der Waals surface area contributed by atoms with Crippen molar-refractivity contribution in [1.29, 1.82) is 0 Å². The SMILES string of the molecule is C=CCn1c(=O)n(CC=C)c(=O)n(Cc2cc(=O)oc3cc(C)c(Cl)cc23)c1=O. The second kappa shape index (κ2) is 7.92. The Labute approximate surface area is 169 Å². The van der Waals surface area contributed by atoms with E-state index in [-0.39, 0.29) is 25.2 Å². The molecule has 150 valence electrons.